The summed E-state index contributed by atoms with van der Waals surface area (Å²) in [7, 11) is 0. The fourth-order valence-corrected chi connectivity index (χ4v) is 5.69. The lowest BCUT2D eigenvalue weighted by Crippen LogP contribution is -2.50. The molecule has 7 nitrogen and oxygen atoms in total. The number of rotatable bonds is 7. The predicted octanol–water partition coefficient (Wildman–Crippen LogP) is 4.50. The van der Waals surface area contributed by atoms with Gasteiger partial charge in [0.2, 0.25) is 11.8 Å². The van der Waals surface area contributed by atoms with E-state index in [0.717, 1.165) is 62.9 Å². The summed E-state index contributed by atoms with van der Waals surface area (Å²) in [6, 6.07) is 15.7. The first-order valence-electron chi connectivity index (χ1n) is 13.9. The molecular weight excluding hydrogens is 464 g/mol. The molecule has 0 radical (unpaired) electrons. The number of amides is 3. The Hall–Kier alpha value is -3.35. The first-order valence-corrected chi connectivity index (χ1v) is 13.9. The van der Waals surface area contributed by atoms with E-state index in [-0.39, 0.29) is 29.6 Å². The number of benzene rings is 2. The van der Waals surface area contributed by atoms with Crippen LogP contribution in [0.1, 0.15) is 67.3 Å². The molecule has 2 heterocycles. The summed E-state index contributed by atoms with van der Waals surface area (Å²) in [4.78, 5) is 45.5. The number of piperazine rings is 1. The van der Waals surface area contributed by atoms with Gasteiger partial charge in [0.25, 0.3) is 5.91 Å². The third kappa shape index (κ3) is 5.50. The molecule has 0 unspecified atom stereocenters. The third-order valence-corrected chi connectivity index (χ3v) is 8.20. The second kappa shape index (κ2) is 11.4. The summed E-state index contributed by atoms with van der Waals surface area (Å²) in [6.45, 7) is 6.21. The van der Waals surface area contributed by atoms with E-state index < -0.39 is 0 Å². The first kappa shape index (κ1) is 25.3. The Labute approximate surface area is 219 Å². The van der Waals surface area contributed by atoms with Gasteiger partial charge in [-0.15, -0.1) is 0 Å². The van der Waals surface area contributed by atoms with Gasteiger partial charge in [0, 0.05) is 56.6 Å². The Kier molecular flexibility index (Phi) is 7.77. The lowest BCUT2D eigenvalue weighted by Gasteiger charge is -2.38. The van der Waals surface area contributed by atoms with Gasteiger partial charge < -0.3 is 20.0 Å². The van der Waals surface area contributed by atoms with Gasteiger partial charge in [-0.1, -0.05) is 43.7 Å². The van der Waals surface area contributed by atoms with E-state index in [2.05, 4.69) is 17.1 Å². The highest BCUT2D eigenvalue weighted by atomic mass is 16.2. The van der Waals surface area contributed by atoms with Crippen LogP contribution in [-0.4, -0.2) is 66.8 Å². The van der Waals surface area contributed by atoms with E-state index in [1.165, 1.54) is 0 Å². The maximum atomic E-state index is 13.5. The van der Waals surface area contributed by atoms with Crippen molar-refractivity contribution in [1.82, 2.24) is 9.80 Å². The number of likely N-dealkylation sites (tertiary alicyclic amines) is 1. The van der Waals surface area contributed by atoms with Crippen LogP contribution in [0.25, 0.3) is 0 Å². The molecular formula is C30H38N4O3. The van der Waals surface area contributed by atoms with Gasteiger partial charge in [-0.2, -0.15) is 0 Å². The molecule has 2 aromatic rings. The minimum atomic E-state index is -0.126. The number of hydrogen-bond donors (Lipinski definition) is 1. The minimum absolute atomic E-state index is 0.0286. The standard InChI is InChI=1S/C30H38N4O3/c1-2-25(22-9-4-3-5-10-22)29(36)34-19-17-32(18-20-34)27-14-13-24(31-28(35)23-11-8-12-23)21-26(27)30(37)33-15-6-7-16-33/h3-5,9-10,13-14,21,23,25H,2,6-8,11-12,15-20H2,1H3,(H,31,35)/t25-/m1/s1. The number of hydrogen-bond acceptors (Lipinski definition) is 4. The molecule has 1 N–H and O–H groups in total. The summed E-state index contributed by atoms with van der Waals surface area (Å²) in [5.41, 5.74) is 3.28. The number of carbonyl (C=O) groups is 3. The number of anilines is 2. The molecule has 0 aromatic heterocycles. The van der Waals surface area contributed by atoms with Crippen LogP contribution in [0.15, 0.2) is 48.5 Å². The highest BCUT2D eigenvalue weighted by Crippen LogP contribution is 2.31. The maximum Gasteiger partial charge on any atom is 0.256 e. The largest absolute Gasteiger partial charge is 0.367 e. The molecule has 3 fully saturated rings. The fourth-order valence-electron chi connectivity index (χ4n) is 5.69. The molecule has 2 aromatic carbocycles. The molecule has 1 atom stereocenters. The van der Waals surface area contributed by atoms with Crippen molar-refractivity contribution >= 4 is 29.1 Å². The molecule has 1 aliphatic carbocycles. The van der Waals surface area contributed by atoms with Crippen LogP contribution >= 0.6 is 0 Å². The van der Waals surface area contributed by atoms with Crippen molar-refractivity contribution in [2.24, 2.45) is 5.92 Å². The smallest absolute Gasteiger partial charge is 0.256 e. The number of nitrogens with zero attached hydrogens (tertiary/aromatic N) is 3. The highest BCUT2D eigenvalue weighted by molar-refractivity contribution is 6.02. The molecule has 0 spiro atoms. The van der Waals surface area contributed by atoms with Crippen molar-refractivity contribution < 1.29 is 14.4 Å². The average molecular weight is 503 g/mol. The van der Waals surface area contributed by atoms with E-state index in [0.29, 0.717) is 37.4 Å². The van der Waals surface area contributed by atoms with Crippen molar-refractivity contribution in [1.29, 1.82) is 0 Å². The Bertz CT molecular complexity index is 1120. The van der Waals surface area contributed by atoms with Gasteiger partial charge in [0.1, 0.15) is 0 Å². The van der Waals surface area contributed by atoms with E-state index in [4.69, 9.17) is 0 Å². The van der Waals surface area contributed by atoms with Gasteiger partial charge in [0.05, 0.1) is 11.5 Å². The fraction of sp³-hybridized carbons (Fsp3) is 0.500. The zero-order chi connectivity index (χ0) is 25.8. The van der Waals surface area contributed by atoms with Crippen molar-refractivity contribution in [3.63, 3.8) is 0 Å². The Morgan fingerprint density at radius 1 is 0.865 bits per heavy atom. The lowest BCUT2D eigenvalue weighted by molar-refractivity contribution is -0.133. The van der Waals surface area contributed by atoms with Gasteiger partial charge >= 0.3 is 0 Å². The van der Waals surface area contributed by atoms with Gasteiger partial charge in [-0.25, -0.2) is 0 Å². The van der Waals surface area contributed by atoms with E-state index in [1.54, 1.807) is 0 Å². The first-order chi connectivity index (χ1) is 18.0. The van der Waals surface area contributed by atoms with Crippen molar-refractivity contribution in [2.75, 3.05) is 49.5 Å². The van der Waals surface area contributed by atoms with Crippen LogP contribution in [0.4, 0.5) is 11.4 Å². The van der Waals surface area contributed by atoms with Crippen LogP contribution in [0.2, 0.25) is 0 Å². The summed E-state index contributed by atoms with van der Waals surface area (Å²) >= 11 is 0. The monoisotopic (exact) mass is 502 g/mol. The third-order valence-electron chi connectivity index (χ3n) is 8.20. The molecule has 2 aliphatic heterocycles. The molecule has 0 bridgehead atoms. The average Bonchev–Trinajstić information content (AvgIpc) is 3.43. The molecule has 3 aliphatic rings. The van der Waals surface area contributed by atoms with Crippen molar-refractivity contribution in [3.05, 3.63) is 59.7 Å². The van der Waals surface area contributed by atoms with Crippen molar-refractivity contribution in [3.8, 4) is 0 Å². The van der Waals surface area contributed by atoms with Crippen LogP contribution in [0, 0.1) is 5.92 Å². The molecule has 3 amide bonds. The molecule has 1 saturated carbocycles. The van der Waals surface area contributed by atoms with Crippen LogP contribution in [0.5, 0.6) is 0 Å². The SMILES string of the molecule is CC[C@@H](C(=O)N1CCN(c2ccc(NC(=O)C3CCC3)cc2C(=O)N2CCCC2)CC1)c1ccccc1. The Morgan fingerprint density at radius 2 is 1.57 bits per heavy atom. The molecule has 37 heavy (non-hydrogen) atoms. The van der Waals surface area contributed by atoms with Gasteiger partial charge in [-0.05, 0) is 55.9 Å². The lowest BCUT2D eigenvalue weighted by atomic mass is 9.85. The van der Waals surface area contributed by atoms with Crippen LogP contribution < -0.4 is 10.2 Å². The zero-order valence-corrected chi connectivity index (χ0v) is 21.8. The van der Waals surface area contributed by atoms with Crippen LogP contribution in [0.3, 0.4) is 0 Å². The summed E-state index contributed by atoms with van der Waals surface area (Å²) in [6.07, 6.45) is 5.81. The molecule has 2 saturated heterocycles. The maximum absolute atomic E-state index is 13.5. The zero-order valence-electron chi connectivity index (χ0n) is 21.8. The van der Waals surface area contributed by atoms with Gasteiger partial charge in [-0.3, -0.25) is 14.4 Å². The second-order valence-corrected chi connectivity index (χ2v) is 10.5. The molecule has 5 rings (SSSR count). The number of carbonyl (C=O) groups excluding carboxylic acids is 3. The summed E-state index contributed by atoms with van der Waals surface area (Å²) < 4.78 is 0. The minimum Gasteiger partial charge on any atom is -0.367 e. The topological polar surface area (TPSA) is 73.0 Å². The number of nitrogens with one attached hydrogen (secondary N) is 1. The van der Waals surface area contributed by atoms with Crippen molar-refractivity contribution in [2.45, 2.75) is 51.4 Å². The molecule has 7 heteroatoms. The normalized spacial score (nSPS) is 18.9. The highest BCUT2D eigenvalue weighted by Gasteiger charge is 2.31. The predicted molar refractivity (Wildman–Crippen MR) is 146 cm³/mol. The van der Waals surface area contributed by atoms with E-state index >= 15 is 0 Å². The Balaban J connectivity index is 1.31. The second-order valence-electron chi connectivity index (χ2n) is 10.5. The molecule has 196 valence electrons. The quantitative estimate of drug-likeness (QED) is 0.605. The Morgan fingerprint density at radius 3 is 2.19 bits per heavy atom. The summed E-state index contributed by atoms with van der Waals surface area (Å²) in [5, 5.41) is 3.04. The van der Waals surface area contributed by atoms with Crippen LogP contribution in [-0.2, 0) is 9.59 Å². The van der Waals surface area contributed by atoms with E-state index in [1.807, 2.05) is 58.3 Å². The van der Waals surface area contributed by atoms with E-state index in [9.17, 15) is 14.4 Å². The van der Waals surface area contributed by atoms with Gasteiger partial charge in [0.15, 0.2) is 0 Å². The summed E-state index contributed by atoms with van der Waals surface area (Å²) in [5.74, 6) is 0.218.